The molecule has 0 fully saturated rings. The molecule has 1 aliphatic heterocycles. The zero-order chi connectivity index (χ0) is 15.0. The van der Waals surface area contributed by atoms with Crippen LogP contribution in [0.1, 0.15) is 27.9 Å². The first-order chi connectivity index (χ1) is 10.0. The van der Waals surface area contributed by atoms with Crippen LogP contribution < -0.4 is 10.2 Å². The molecule has 1 N–H and O–H groups in total. The SMILES string of the molecule is CC(=O)N1CCc2cc(C(=O)Nc3nnc(C)s3)ccc21. The van der Waals surface area contributed by atoms with Gasteiger partial charge in [0.25, 0.3) is 5.91 Å². The zero-order valence-corrected chi connectivity index (χ0v) is 12.5. The first kappa shape index (κ1) is 13.7. The van der Waals surface area contributed by atoms with E-state index in [2.05, 4.69) is 15.5 Å². The fourth-order valence-electron chi connectivity index (χ4n) is 2.39. The third-order valence-electron chi connectivity index (χ3n) is 3.36. The first-order valence-electron chi connectivity index (χ1n) is 6.57. The number of fused-ring (bicyclic) bond motifs is 1. The van der Waals surface area contributed by atoms with E-state index in [1.807, 2.05) is 19.1 Å². The van der Waals surface area contributed by atoms with Crippen molar-refractivity contribution >= 4 is 34.0 Å². The van der Waals surface area contributed by atoms with E-state index < -0.39 is 0 Å². The average molecular weight is 302 g/mol. The van der Waals surface area contributed by atoms with Gasteiger partial charge in [-0.15, -0.1) is 10.2 Å². The molecule has 0 aliphatic carbocycles. The highest BCUT2D eigenvalue weighted by Gasteiger charge is 2.23. The van der Waals surface area contributed by atoms with Gasteiger partial charge in [-0.2, -0.15) is 0 Å². The molecule has 7 heteroatoms. The van der Waals surface area contributed by atoms with Crippen molar-refractivity contribution in [3.63, 3.8) is 0 Å². The summed E-state index contributed by atoms with van der Waals surface area (Å²) in [5, 5.41) is 11.8. The van der Waals surface area contributed by atoms with E-state index in [0.717, 1.165) is 22.7 Å². The van der Waals surface area contributed by atoms with Crippen LogP contribution in [-0.2, 0) is 11.2 Å². The molecule has 3 rings (SSSR count). The van der Waals surface area contributed by atoms with Gasteiger partial charge >= 0.3 is 0 Å². The number of aryl methyl sites for hydroxylation is 1. The molecule has 0 saturated carbocycles. The van der Waals surface area contributed by atoms with E-state index in [0.29, 0.717) is 17.2 Å². The van der Waals surface area contributed by atoms with Gasteiger partial charge in [-0.1, -0.05) is 11.3 Å². The van der Waals surface area contributed by atoms with Crippen LogP contribution in [0.4, 0.5) is 10.8 Å². The fourth-order valence-corrected chi connectivity index (χ4v) is 2.97. The van der Waals surface area contributed by atoms with Gasteiger partial charge in [0.1, 0.15) is 5.01 Å². The predicted octanol–water partition coefficient (Wildman–Crippen LogP) is 2.01. The Labute approximate surface area is 125 Å². The lowest BCUT2D eigenvalue weighted by Gasteiger charge is -2.14. The molecular formula is C14H14N4O2S. The van der Waals surface area contributed by atoms with E-state index in [-0.39, 0.29) is 11.8 Å². The monoisotopic (exact) mass is 302 g/mol. The molecule has 0 saturated heterocycles. The topological polar surface area (TPSA) is 75.2 Å². The Hall–Kier alpha value is -2.28. The smallest absolute Gasteiger partial charge is 0.257 e. The summed E-state index contributed by atoms with van der Waals surface area (Å²) in [7, 11) is 0. The number of nitrogens with zero attached hydrogens (tertiary/aromatic N) is 3. The van der Waals surface area contributed by atoms with Crippen molar-refractivity contribution in [3.05, 3.63) is 34.3 Å². The number of anilines is 2. The third-order valence-corrected chi connectivity index (χ3v) is 4.12. The summed E-state index contributed by atoms with van der Waals surface area (Å²) in [5.41, 5.74) is 2.48. The Morgan fingerprint density at radius 3 is 2.81 bits per heavy atom. The second-order valence-corrected chi connectivity index (χ2v) is 6.03. The zero-order valence-electron chi connectivity index (χ0n) is 11.7. The standard InChI is InChI=1S/C14H14N4O2S/c1-8-16-17-14(21-8)15-13(20)11-3-4-12-10(7-11)5-6-18(12)9(2)19/h3-4,7H,5-6H2,1-2H3,(H,15,17,20). The summed E-state index contributed by atoms with van der Waals surface area (Å²) in [6.07, 6.45) is 0.772. The van der Waals surface area contributed by atoms with Crippen molar-refractivity contribution in [2.75, 3.05) is 16.8 Å². The van der Waals surface area contributed by atoms with Gasteiger partial charge in [0, 0.05) is 24.7 Å². The first-order valence-corrected chi connectivity index (χ1v) is 7.39. The maximum atomic E-state index is 12.2. The molecule has 0 bridgehead atoms. The molecule has 0 atom stereocenters. The molecule has 0 unspecified atom stereocenters. The van der Waals surface area contributed by atoms with Crippen molar-refractivity contribution < 1.29 is 9.59 Å². The molecule has 6 nitrogen and oxygen atoms in total. The van der Waals surface area contributed by atoms with Crippen LogP contribution in [0.5, 0.6) is 0 Å². The summed E-state index contributed by atoms with van der Waals surface area (Å²) in [5.74, 6) is -0.189. The molecule has 0 radical (unpaired) electrons. The van der Waals surface area contributed by atoms with E-state index in [4.69, 9.17) is 0 Å². The quantitative estimate of drug-likeness (QED) is 0.920. The highest BCUT2D eigenvalue weighted by Crippen LogP contribution is 2.29. The normalized spacial score (nSPS) is 13.1. The lowest BCUT2D eigenvalue weighted by atomic mass is 10.1. The van der Waals surface area contributed by atoms with Gasteiger partial charge in [0.2, 0.25) is 11.0 Å². The number of hydrogen-bond acceptors (Lipinski definition) is 5. The predicted molar refractivity (Wildman–Crippen MR) is 80.8 cm³/mol. The lowest BCUT2D eigenvalue weighted by molar-refractivity contribution is -0.116. The number of nitrogens with one attached hydrogen (secondary N) is 1. The van der Waals surface area contributed by atoms with E-state index in [1.165, 1.54) is 11.3 Å². The van der Waals surface area contributed by atoms with Crippen LogP contribution in [0.15, 0.2) is 18.2 Å². The number of amides is 2. The van der Waals surface area contributed by atoms with Gasteiger partial charge in [-0.05, 0) is 37.1 Å². The van der Waals surface area contributed by atoms with Gasteiger partial charge < -0.3 is 4.90 Å². The maximum Gasteiger partial charge on any atom is 0.257 e. The molecule has 108 valence electrons. The van der Waals surface area contributed by atoms with Gasteiger partial charge in [0.05, 0.1) is 0 Å². The number of rotatable bonds is 2. The minimum atomic E-state index is -0.213. The van der Waals surface area contributed by atoms with Crippen LogP contribution in [0.25, 0.3) is 0 Å². The van der Waals surface area contributed by atoms with Crippen LogP contribution >= 0.6 is 11.3 Å². The van der Waals surface area contributed by atoms with E-state index in [1.54, 1.807) is 17.9 Å². The van der Waals surface area contributed by atoms with Crippen molar-refractivity contribution in [2.45, 2.75) is 20.3 Å². The van der Waals surface area contributed by atoms with Gasteiger partial charge in [-0.25, -0.2) is 0 Å². The second-order valence-electron chi connectivity index (χ2n) is 4.84. The van der Waals surface area contributed by atoms with Crippen molar-refractivity contribution in [1.29, 1.82) is 0 Å². The second kappa shape index (κ2) is 5.25. The number of carbonyl (C=O) groups excluding carboxylic acids is 2. The van der Waals surface area contributed by atoms with Crippen LogP contribution in [0, 0.1) is 6.92 Å². The van der Waals surface area contributed by atoms with E-state index >= 15 is 0 Å². The Bertz CT molecular complexity index is 726. The Kier molecular flexibility index (Phi) is 3.42. The molecule has 21 heavy (non-hydrogen) atoms. The van der Waals surface area contributed by atoms with Crippen LogP contribution in [0.3, 0.4) is 0 Å². The maximum absolute atomic E-state index is 12.2. The Morgan fingerprint density at radius 1 is 1.33 bits per heavy atom. The third kappa shape index (κ3) is 2.64. The largest absolute Gasteiger partial charge is 0.312 e. The average Bonchev–Trinajstić information content (AvgIpc) is 3.04. The van der Waals surface area contributed by atoms with Crippen molar-refractivity contribution in [2.24, 2.45) is 0 Å². The number of carbonyl (C=O) groups is 2. The van der Waals surface area contributed by atoms with Crippen LogP contribution in [0.2, 0.25) is 0 Å². The lowest BCUT2D eigenvalue weighted by Crippen LogP contribution is -2.25. The van der Waals surface area contributed by atoms with Crippen LogP contribution in [-0.4, -0.2) is 28.6 Å². The molecule has 0 spiro atoms. The van der Waals surface area contributed by atoms with Crippen molar-refractivity contribution in [1.82, 2.24) is 10.2 Å². The highest BCUT2D eigenvalue weighted by molar-refractivity contribution is 7.15. The summed E-state index contributed by atoms with van der Waals surface area (Å²) < 4.78 is 0. The minimum absolute atomic E-state index is 0.0234. The molecular weight excluding hydrogens is 288 g/mol. The Balaban J connectivity index is 1.81. The Morgan fingerprint density at radius 2 is 2.14 bits per heavy atom. The molecule has 1 aromatic heterocycles. The molecule has 2 aromatic rings. The summed E-state index contributed by atoms with van der Waals surface area (Å²) in [6.45, 7) is 4.05. The van der Waals surface area contributed by atoms with Gasteiger partial charge in [-0.3, -0.25) is 14.9 Å². The molecule has 1 aromatic carbocycles. The van der Waals surface area contributed by atoms with Gasteiger partial charge in [0.15, 0.2) is 0 Å². The fraction of sp³-hybridized carbons (Fsp3) is 0.286. The molecule has 1 aliphatic rings. The summed E-state index contributed by atoms with van der Waals surface area (Å²) in [4.78, 5) is 25.4. The summed E-state index contributed by atoms with van der Waals surface area (Å²) in [6, 6.07) is 5.38. The summed E-state index contributed by atoms with van der Waals surface area (Å²) >= 11 is 1.33. The minimum Gasteiger partial charge on any atom is -0.312 e. The molecule has 2 heterocycles. The number of benzene rings is 1. The number of hydrogen-bond donors (Lipinski definition) is 1. The van der Waals surface area contributed by atoms with E-state index in [9.17, 15) is 9.59 Å². The highest BCUT2D eigenvalue weighted by atomic mass is 32.1. The number of aromatic nitrogens is 2. The van der Waals surface area contributed by atoms with Crippen molar-refractivity contribution in [3.8, 4) is 0 Å². The molecule has 2 amide bonds.